The molecule has 0 aliphatic carbocycles. The van der Waals surface area contributed by atoms with Crippen LogP contribution in [0.25, 0.3) is 0 Å². The SMILES string of the molecule is CC(O)OC(=O)C=CC(=O)O. The number of carboxylic acid groups (broad SMARTS) is 1. The number of esters is 1. The molecule has 0 bridgehead atoms. The Morgan fingerprint density at radius 1 is 1.45 bits per heavy atom. The number of ether oxygens (including phenoxy) is 1. The van der Waals surface area contributed by atoms with Gasteiger partial charge in [-0.2, -0.15) is 0 Å². The Labute approximate surface area is 62.9 Å². The summed E-state index contributed by atoms with van der Waals surface area (Å²) in [7, 11) is 0. The van der Waals surface area contributed by atoms with Gasteiger partial charge in [0.05, 0.1) is 0 Å². The molecule has 0 saturated carbocycles. The van der Waals surface area contributed by atoms with Crippen LogP contribution in [-0.2, 0) is 14.3 Å². The quantitative estimate of drug-likeness (QED) is 0.330. The summed E-state index contributed by atoms with van der Waals surface area (Å²) in [5, 5.41) is 16.5. The van der Waals surface area contributed by atoms with E-state index in [9.17, 15) is 9.59 Å². The number of aliphatic carboxylic acids is 1. The zero-order valence-corrected chi connectivity index (χ0v) is 5.85. The van der Waals surface area contributed by atoms with E-state index in [1.54, 1.807) is 0 Å². The van der Waals surface area contributed by atoms with Crippen LogP contribution in [0.5, 0.6) is 0 Å². The number of carbonyl (C=O) groups is 2. The lowest BCUT2D eigenvalue weighted by molar-refractivity contribution is -0.158. The summed E-state index contributed by atoms with van der Waals surface area (Å²) in [6, 6.07) is 0. The second-order valence-corrected chi connectivity index (χ2v) is 1.71. The molecule has 0 amide bonds. The summed E-state index contributed by atoms with van der Waals surface area (Å²) in [6.45, 7) is 1.24. The van der Waals surface area contributed by atoms with Crippen molar-refractivity contribution in [2.75, 3.05) is 0 Å². The van der Waals surface area contributed by atoms with Gasteiger partial charge in [0.1, 0.15) is 0 Å². The lowest BCUT2D eigenvalue weighted by atomic mass is 10.5. The maximum atomic E-state index is 10.4. The molecule has 0 radical (unpaired) electrons. The molecule has 0 aromatic heterocycles. The van der Waals surface area contributed by atoms with Gasteiger partial charge in [0.2, 0.25) is 0 Å². The molecular formula is C6H8O5. The third-order valence-corrected chi connectivity index (χ3v) is 0.649. The number of hydrogen-bond acceptors (Lipinski definition) is 4. The smallest absolute Gasteiger partial charge is 0.333 e. The predicted octanol–water partition coefficient (Wildman–Crippen LogP) is -0.491. The fourth-order valence-corrected chi connectivity index (χ4v) is 0.347. The number of aliphatic hydroxyl groups excluding tert-OH is 1. The zero-order chi connectivity index (χ0) is 8.85. The first kappa shape index (κ1) is 9.64. The summed E-state index contributed by atoms with van der Waals surface area (Å²) in [5.74, 6) is -2.13. The molecular weight excluding hydrogens is 152 g/mol. The minimum Gasteiger partial charge on any atom is -0.478 e. The molecule has 0 rings (SSSR count). The molecule has 5 heteroatoms. The average molecular weight is 160 g/mol. The van der Waals surface area contributed by atoms with E-state index in [0.29, 0.717) is 6.08 Å². The van der Waals surface area contributed by atoms with Gasteiger partial charge in [-0.15, -0.1) is 0 Å². The summed E-state index contributed by atoms with van der Waals surface area (Å²) < 4.78 is 4.17. The first-order valence-corrected chi connectivity index (χ1v) is 2.82. The molecule has 0 aromatic rings. The molecule has 5 nitrogen and oxygen atoms in total. The molecule has 1 unspecified atom stereocenters. The van der Waals surface area contributed by atoms with Gasteiger partial charge >= 0.3 is 11.9 Å². The van der Waals surface area contributed by atoms with Crippen LogP contribution >= 0.6 is 0 Å². The van der Waals surface area contributed by atoms with Gasteiger partial charge in [-0.3, -0.25) is 0 Å². The summed E-state index contributed by atoms with van der Waals surface area (Å²) in [5.41, 5.74) is 0. The molecule has 0 fully saturated rings. The van der Waals surface area contributed by atoms with Crippen molar-refractivity contribution in [3.05, 3.63) is 12.2 Å². The van der Waals surface area contributed by atoms with Crippen LogP contribution in [0.2, 0.25) is 0 Å². The fraction of sp³-hybridized carbons (Fsp3) is 0.333. The van der Waals surface area contributed by atoms with Crippen LogP contribution in [0.4, 0.5) is 0 Å². The molecule has 0 saturated heterocycles. The first-order valence-electron chi connectivity index (χ1n) is 2.82. The number of rotatable bonds is 3. The van der Waals surface area contributed by atoms with E-state index in [1.165, 1.54) is 6.92 Å². The van der Waals surface area contributed by atoms with E-state index in [2.05, 4.69) is 4.74 Å². The molecule has 62 valence electrons. The lowest BCUT2D eigenvalue weighted by Gasteiger charge is -2.01. The van der Waals surface area contributed by atoms with Gasteiger partial charge in [-0.05, 0) is 6.92 Å². The van der Waals surface area contributed by atoms with Crippen LogP contribution in [0, 0.1) is 0 Å². The van der Waals surface area contributed by atoms with Crippen LogP contribution in [0.3, 0.4) is 0 Å². The van der Waals surface area contributed by atoms with Crippen molar-refractivity contribution in [2.45, 2.75) is 13.2 Å². The normalized spacial score (nSPS) is 12.9. The van der Waals surface area contributed by atoms with Crippen molar-refractivity contribution < 1.29 is 24.5 Å². The van der Waals surface area contributed by atoms with E-state index in [0.717, 1.165) is 6.08 Å². The molecule has 11 heavy (non-hydrogen) atoms. The maximum absolute atomic E-state index is 10.4. The van der Waals surface area contributed by atoms with Gasteiger partial charge in [-0.1, -0.05) is 0 Å². The summed E-state index contributed by atoms with van der Waals surface area (Å²) in [4.78, 5) is 20.3. The Bertz CT molecular complexity index is 181. The highest BCUT2D eigenvalue weighted by Gasteiger charge is 2.01. The topological polar surface area (TPSA) is 83.8 Å². The molecule has 2 N–H and O–H groups in total. The average Bonchev–Trinajstić information content (AvgIpc) is 1.82. The summed E-state index contributed by atoms with van der Waals surface area (Å²) >= 11 is 0. The van der Waals surface area contributed by atoms with E-state index in [1.807, 2.05) is 0 Å². The second-order valence-electron chi connectivity index (χ2n) is 1.71. The van der Waals surface area contributed by atoms with Gasteiger partial charge in [0, 0.05) is 12.2 Å². The lowest BCUT2D eigenvalue weighted by Crippen LogP contribution is -2.11. The Balaban J connectivity index is 3.78. The minimum absolute atomic E-state index is 0.630. The monoisotopic (exact) mass is 160 g/mol. The van der Waals surface area contributed by atoms with Crippen molar-refractivity contribution in [1.29, 1.82) is 0 Å². The van der Waals surface area contributed by atoms with E-state index in [4.69, 9.17) is 10.2 Å². The van der Waals surface area contributed by atoms with Crippen LogP contribution < -0.4 is 0 Å². The van der Waals surface area contributed by atoms with Gasteiger partial charge in [-0.25, -0.2) is 9.59 Å². The van der Waals surface area contributed by atoms with Gasteiger partial charge < -0.3 is 14.9 Å². The highest BCUT2D eigenvalue weighted by Crippen LogP contribution is 1.87. The second kappa shape index (κ2) is 4.45. The van der Waals surface area contributed by atoms with Crippen molar-refractivity contribution in [2.24, 2.45) is 0 Å². The van der Waals surface area contributed by atoms with Crippen molar-refractivity contribution in [3.8, 4) is 0 Å². The highest BCUT2D eigenvalue weighted by molar-refractivity contribution is 5.90. The fourth-order valence-electron chi connectivity index (χ4n) is 0.347. The zero-order valence-electron chi connectivity index (χ0n) is 5.85. The van der Waals surface area contributed by atoms with Crippen molar-refractivity contribution in [1.82, 2.24) is 0 Å². The molecule has 0 aromatic carbocycles. The van der Waals surface area contributed by atoms with Crippen LogP contribution in [0.1, 0.15) is 6.92 Å². The number of aliphatic hydroxyl groups is 1. The maximum Gasteiger partial charge on any atom is 0.333 e. The number of carbonyl (C=O) groups excluding carboxylic acids is 1. The van der Waals surface area contributed by atoms with Crippen LogP contribution in [-0.4, -0.2) is 28.4 Å². The summed E-state index contributed by atoms with van der Waals surface area (Å²) in [6.07, 6.45) is 0.126. The van der Waals surface area contributed by atoms with E-state index in [-0.39, 0.29) is 0 Å². The molecule has 0 aliphatic heterocycles. The van der Waals surface area contributed by atoms with E-state index < -0.39 is 18.2 Å². The number of carboxylic acids is 1. The number of hydrogen-bond donors (Lipinski definition) is 2. The molecule has 1 atom stereocenters. The Morgan fingerprint density at radius 2 is 2.00 bits per heavy atom. The van der Waals surface area contributed by atoms with Crippen LogP contribution in [0.15, 0.2) is 12.2 Å². The predicted molar refractivity (Wildman–Crippen MR) is 34.5 cm³/mol. The molecule has 0 heterocycles. The van der Waals surface area contributed by atoms with Gasteiger partial charge in [0.15, 0.2) is 6.29 Å². The Morgan fingerprint density at radius 3 is 2.36 bits per heavy atom. The van der Waals surface area contributed by atoms with Crippen molar-refractivity contribution in [3.63, 3.8) is 0 Å². The minimum atomic E-state index is -1.24. The van der Waals surface area contributed by atoms with Crippen molar-refractivity contribution >= 4 is 11.9 Å². The third kappa shape index (κ3) is 6.53. The highest BCUT2D eigenvalue weighted by atomic mass is 16.6. The largest absolute Gasteiger partial charge is 0.478 e. The Kier molecular flexibility index (Phi) is 3.90. The third-order valence-electron chi connectivity index (χ3n) is 0.649. The van der Waals surface area contributed by atoms with E-state index >= 15 is 0 Å². The standard InChI is InChI=1S/C6H8O5/c1-4(7)11-6(10)3-2-5(8)9/h2-4,7H,1H3,(H,8,9). The molecule has 0 spiro atoms. The first-order chi connectivity index (χ1) is 5.02. The molecule has 0 aliphatic rings. The Hall–Kier alpha value is -1.36. The van der Waals surface area contributed by atoms with Gasteiger partial charge in [0.25, 0.3) is 0 Å².